The van der Waals surface area contributed by atoms with Crippen molar-refractivity contribution in [3.8, 4) is 17.3 Å². The molecule has 1 aliphatic rings. The second kappa shape index (κ2) is 6.61. The van der Waals surface area contributed by atoms with E-state index in [0.29, 0.717) is 18.7 Å². The first-order chi connectivity index (χ1) is 11.6. The van der Waals surface area contributed by atoms with Gasteiger partial charge in [0.15, 0.2) is 6.19 Å². The third-order valence-electron chi connectivity index (χ3n) is 4.00. The van der Waals surface area contributed by atoms with E-state index in [2.05, 4.69) is 10.9 Å². The molecule has 1 aliphatic heterocycles. The van der Waals surface area contributed by atoms with Crippen molar-refractivity contribution in [2.75, 3.05) is 13.2 Å². The maximum Gasteiger partial charge on any atom is 0.241 e. The molecule has 1 heterocycles. The van der Waals surface area contributed by atoms with Gasteiger partial charge in [0.05, 0.1) is 24.6 Å². The van der Waals surface area contributed by atoms with Crippen LogP contribution in [0.5, 0.6) is 0 Å². The molecule has 0 aromatic heterocycles. The summed E-state index contributed by atoms with van der Waals surface area (Å²) in [6, 6.07) is 12.5. The Kier molecular flexibility index (Phi) is 4.53. The first kappa shape index (κ1) is 16.5. The van der Waals surface area contributed by atoms with E-state index >= 15 is 0 Å². The van der Waals surface area contributed by atoms with E-state index in [4.69, 9.17) is 10.4 Å². The molecule has 0 bridgehead atoms. The number of aliphatic hydroxyl groups excluding tert-OH is 1. The van der Waals surface area contributed by atoms with Crippen molar-refractivity contribution in [1.82, 2.24) is 9.62 Å². The van der Waals surface area contributed by atoms with E-state index in [1.54, 1.807) is 29.2 Å². The molecule has 0 unspecified atom stereocenters. The summed E-state index contributed by atoms with van der Waals surface area (Å²) >= 11 is 0. The van der Waals surface area contributed by atoms with Crippen LogP contribution >= 0.6 is 0 Å². The number of fused-ring (bicyclic) bond motifs is 1. The van der Waals surface area contributed by atoms with Gasteiger partial charge in [0.25, 0.3) is 0 Å². The van der Waals surface area contributed by atoms with Gasteiger partial charge in [-0.2, -0.15) is 5.26 Å². The third-order valence-corrected chi connectivity index (χ3v) is 5.51. The Bertz CT molecular complexity index is 904. The molecule has 124 valence electrons. The van der Waals surface area contributed by atoms with Crippen LogP contribution in [0.2, 0.25) is 0 Å². The first-order valence-corrected chi connectivity index (χ1v) is 9.00. The molecule has 2 aromatic carbocycles. The zero-order valence-electron chi connectivity index (χ0n) is 12.9. The molecule has 0 fully saturated rings. The van der Waals surface area contributed by atoms with E-state index in [1.165, 1.54) is 0 Å². The third kappa shape index (κ3) is 2.99. The predicted octanol–water partition coefficient (Wildman–Crippen LogP) is 1.42. The Balaban J connectivity index is 2.11. The Morgan fingerprint density at radius 1 is 1.12 bits per heavy atom. The fraction of sp³-hybridized carbons (Fsp3) is 0.235. The Morgan fingerprint density at radius 2 is 1.88 bits per heavy atom. The van der Waals surface area contributed by atoms with E-state index in [-0.39, 0.29) is 18.0 Å². The lowest BCUT2D eigenvalue weighted by Crippen LogP contribution is -2.27. The normalized spacial score (nSPS) is 13.6. The molecule has 2 aromatic rings. The van der Waals surface area contributed by atoms with Crippen LogP contribution in [0.3, 0.4) is 0 Å². The number of nitrogens with one attached hydrogen (secondary N) is 1. The van der Waals surface area contributed by atoms with Crippen molar-refractivity contribution in [3.05, 3.63) is 53.6 Å². The number of hydrogen-bond donors (Lipinski definition) is 2. The first-order valence-electron chi connectivity index (χ1n) is 7.52. The van der Waals surface area contributed by atoms with Crippen LogP contribution < -0.4 is 4.72 Å². The van der Waals surface area contributed by atoms with E-state index in [9.17, 15) is 8.42 Å². The number of aliphatic hydroxyl groups is 1. The highest BCUT2D eigenvalue weighted by Gasteiger charge is 2.25. The van der Waals surface area contributed by atoms with Crippen LogP contribution in [0.25, 0.3) is 11.1 Å². The molecular formula is C17H17N3O3S. The zero-order valence-corrected chi connectivity index (χ0v) is 13.8. The minimum absolute atomic E-state index is 0.0359. The van der Waals surface area contributed by atoms with Gasteiger partial charge in [-0.3, -0.25) is 0 Å². The summed E-state index contributed by atoms with van der Waals surface area (Å²) in [6.07, 6.45) is 2.14. The Morgan fingerprint density at radius 3 is 2.62 bits per heavy atom. The number of benzene rings is 2. The highest BCUT2D eigenvalue weighted by Crippen LogP contribution is 2.35. The molecular weight excluding hydrogens is 326 g/mol. The molecule has 0 saturated heterocycles. The molecule has 0 radical (unpaired) electrons. The van der Waals surface area contributed by atoms with E-state index in [0.717, 1.165) is 16.7 Å². The predicted molar refractivity (Wildman–Crippen MR) is 89.0 cm³/mol. The summed E-state index contributed by atoms with van der Waals surface area (Å²) in [6.45, 7) is 0.711. The molecule has 7 heteroatoms. The molecule has 24 heavy (non-hydrogen) atoms. The van der Waals surface area contributed by atoms with Gasteiger partial charge in [0.1, 0.15) is 0 Å². The van der Waals surface area contributed by atoms with Crippen LogP contribution in [0.1, 0.15) is 11.1 Å². The SMILES string of the molecule is N#CN1Cc2cccc(-c3ccccc3S(=O)(=O)NCCO)c2C1. The maximum atomic E-state index is 12.5. The average Bonchev–Trinajstić information content (AvgIpc) is 3.03. The van der Waals surface area contributed by atoms with Crippen molar-refractivity contribution in [1.29, 1.82) is 5.26 Å². The number of sulfonamides is 1. The fourth-order valence-electron chi connectivity index (χ4n) is 2.93. The van der Waals surface area contributed by atoms with Crippen LogP contribution in [-0.2, 0) is 23.1 Å². The lowest BCUT2D eigenvalue weighted by Gasteiger charge is -2.14. The maximum absolute atomic E-state index is 12.5. The molecule has 0 aliphatic carbocycles. The van der Waals surface area contributed by atoms with Gasteiger partial charge in [-0.15, -0.1) is 0 Å². The molecule has 6 nitrogen and oxygen atoms in total. The molecule has 3 rings (SSSR count). The molecule has 0 atom stereocenters. The summed E-state index contributed by atoms with van der Waals surface area (Å²) in [5.41, 5.74) is 3.42. The zero-order chi connectivity index (χ0) is 17.2. The van der Waals surface area contributed by atoms with Crippen molar-refractivity contribution >= 4 is 10.0 Å². The highest BCUT2D eigenvalue weighted by atomic mass is 32.2. The van der Waals surface area contributed by atoms with Gasteiger partial charge in [-0.25, -0.2) is 13.1 Å². The number of nitrogens with zero attached hydrogens (tertiary/aromatic N) is 2. The Hall–Kier alpha value is -2.40. The number of nitriles is 1. The van der Waals surface area contributed by atoms with Crippen molar-refractivity contribution < 1.29 is 13.5 Å². The van der Waals surface area contributed by atoms with E-state index < -0.39 is 10.0 Å². The summed E-state index contributed by atoms with van der Waals surface area (Å²) in [7, 11) is -3.73. The quantitative estimate of drug-likeness (QED) is 0.801. The summed E-state index contributed by atoms with van der Waals surface area (Å²) in [5.74, 6) is 0. The fourth-order valence-corrected chi connectivity index (χ4v) is 4.17. The summed E-state index contributed by atoms with van der Waals surface area (Å²) in [4.78, 5) is 1.80. The standard InChI is InChI=1S/C17H17N3O3S/c18-12-20-10-13-4-3-6-14(16(13)11-20)15-5-1-2-7-17(15)24(22,23)19-8-9-21/h1-7,19,21H,8-11H2. The summed E-state index contributed by atoms with van der Waals surface area (Å²) < 4.78 is 27.4. The van der Waals surface area contributed by atoms with Crippen LogP contribution in [0, 0.1) is 11.5 Å². The molecule has 0 spiro atoms. The second-order valence-corrected chi connectivity index (χ2v) is 7.25. The number of hydrogen-bond acceptors (Lipinski definition) is 5. The van der Waals surface area contributed by atoms with Crippen LogP contribution in [0.15, 0.2) is 47.4 Å². The average molecular weight is 343 g/mol. The van der Waals surface area contributed by atoms with Crippen molar-refractivity contribution in [2.45, 2.75) is 18.0 Å². The second-order valence-electron chi connectivity index (χ2n) is 5.52. The van der Waals surface area contributed by atoms with Crippen LogP contribution in [0.4, 0.5) is 0 Å². The monoisotopic (exact) mass is 343 g/mol. The lowest BCUT2D eigenvalue weighted by molar-refractivity contribution is 0.301. The van der Waals surface area contributed by atoms with E-state index in [1.807, 2.05) is 18.2 Å². The molecule has 2 N–H and O–H groups in total. The van der Waals surface area contributed by atoms with Crippen LogP contribution in [-0.4, -0.2) is 31.6 Å². The van der Waals surface area contributed by atoms with Gasteiger partial charge in [0.2, 0.25) is 10.0 Å². The van der Waals surface area contributed by atoms with Gasteiger partial charge in [-0.1, -0.05) is 36.4 Å². The minimum atomic E-state index is -3.73. The Labute approximate surface area is 141 Å². The van der Waals surface area contributed by atoms with Crippen molar-refractivity contribution in [2.24, 2.45) is 0 Å². The molecule has 0 saturated carbocycles. The largest absolute Gasteiger partial charge is 0.395 e. The van der Waals surface area contributed by atoms with Crippen molar-refractivity contribution in [3.63, 3.8) is 0 Å². The summed E-state index contributed by atoms with van der Waals surface area (Å²) in [5, 5.41) is 18.0. The van der Waals surface area contributed by atoms with Gasteiger partial charge in [-0.05, 0) is 22.8 Å². The van der Waals surface area contributed by atoms with Gasteiger partial charge in [0, 0.05) is 12.1 Å². The highest BCUT2D eigenvalue weighted by molar-refractivity contribution is 7.89. The lowest BCUT2D eigenvalue weighted by atomic mass is 9.97. The smallest absolute Gasteiger partial charge is 0.241 e. The number of rotatable bonds is 5. The molecule has 0 amide bonds. The van der Waals surface area contributed by atoms with Gasteiger partial charge >= 0.3 is 0 Å². The minimum Gasteiger partial charge on any atom is -0.395 e. The topological polar surface area (TPSA) is 93.4 Å². The van der Waals surface area contributed by atoms with Gasteiger partial charge < -0.3 is 10.0 Å².